The summed E-state index contributed by atoms with van der Waals surface area (Å²) in [4.78, 5) is 11.6. The Morgan fingerprint density at radius 1 is 1.57 bits per heavy atom. The van der Waals surface area contributed by atoms with Gasteiger partial charge in [-0.05, 0) is 25.3 Å². The second kappa shape index (κ2) is 3.65. The van der Waals surface area contributed by atoms with Gasteiger partial charge in [-0.1, -0.05) is 11.6 Å². The molecule has 2 rings (SSSR count). The first-order valence-electron chi connectivity index (χ1n) is 4.84. The van der Waals surface area contributed by atoms with Crippen molar-refractivity contribution in [3.63, 3.8) is 0 Å². The van der Waals surface area contributed by atoms with Crippen LogP contribution in [0.25, 0.3) is 0 Å². The number of rotatable bonds is 1. The summed E-state index contributed by atoms with van der Waals surface area (Å²) in [6, 6.07) is 1.91. The lowest BCUT2D eigenvalue weighted by atomic mass is 10.1. The summed E-state index contributed by atoms with van der Waals surface area (Å²) in [5.74, 6) is -0.0943. The minimum Gasteiger partial charge on any atom is -0.354 e. The van der Waals surface area contributed by atoms with Crippen molar-refractivity contribution in [3.05, 3.63) is 22.5 Å². The maximum atomic E-state index is 11.6. The standard InChI is InChI=1S/C10H13ClN2O/c1-12-10(14)9-8(11)6-7-4-2-3-5-13(7)9/h6H,2-5H2,1H3,(H,12,14). The summed E-state index contributed by atoms with van der Waals surface area (Å²) >= 11 is 6.03. The number of carbonyl (C=O) groups excluding carboxylic acids is 1. The number of hydrogen-bond acceptors (Lipinski definition) is 1. The van der Waals surface area contributed by atoms with Crippen molar-refractivity contribution in [1.82, 2.24) is 9.88 Å². The molecule has 0 spiro atoms. The van der Waals surface area contributed by atoms with Gasteiger partial charge in [0.05, 0.1) is 5.02 Å². The highest BCUT2D eigenvalue weighted by atomic mass is 35.5. The molecule has 2 heterocycles. The summed E-state index contributed by atoms with van der Waals surface area (Å²) in [6.45, 7) is 0.908. The summed E-state index contributed by atoms with van der Waals surface area (Å²) in [5.41, 5.74) is 1.80. The Morgan fingerprint density at radius 2 is 2.36 bits per heavy atom. The second-order valence-electron chi connectivity index (χ2n) is 3.52. The molecule has 0 aromatic carbocycles. The van der Waals surface area contributed by atoms with Crippen molar-refractivity contribution in [1.29, 1.82) is 0 Å². The maximum Gasteiger partial charge on any atom is 0.269 e. The molecule has 1 aliphatic rings. The van der Waals surface area contributed by atoms with Gasteiger partial charge < -0.3 is 9.88 Å². The van der Waals surface area contributed by atoms with Crippen LogP contribution in [-0.4, -0.2) is 17.5 Å². The van der Waals surface area contributed by atoms with Crippen molar-refractivity contribution >= 4 is 17.5 Å². The van der Waals surface area contributed by atoms with E-state index in [1.807, 2.05) is 10.6 Å². The van der Waals surface area contributed by atoms with Gasteiger partial charge in [-0.15, -0.1) is 0 Å². The van der Waals surface area contributed by atoms with Gasteiger partial charge in [0.2, 0.25) is 0 Å². The molecule has 0 saturated heterocycles. The Morgan fingerprint density at radius 3 is 3.07 bits per heavy atom. The lowest BCUT2D eigenvalue weighted by Crippen LogP contribution is -2.24. The zero-order valence-electron chi connectivity index (χ0n) is 8.14. The Balaban J connectivity index is 2.47. The van der Waals surface area contributed by atoms with E-state index in [0.29, 0.717) is 10.7 Å². The molecule has 0 unspecified atom stereocenters. The number of fused-ring (bicyclic) bond motifs is 1. The molecule has 0 aliphatic carbocycles. The highest BCUT2D eigenvalue weighted by molar-refractivity contribution is 6.33. The topological polar surface area (TPSA) is 34.0 Å². The molecule has 1 aromatic heterocycles. The molecule has 0 fully saturated rings. The van der Waals surface area contributed by atoms with E-state index in [9.17, 15) is 4.79 Å². The molecule has 0 saturated carbocycles. The average molecular weight is 213 g/mol. The van der Waals surface area contributed by atoms with Crippen LogP contribution < -0.4 is 5.32 Å². The molecule has 0 bridgehead atoms. The molecule has 3 nitrogen and oxygen atoms in total. The van der Waals surface area contributed by atoms with Gasteiger partial charge in [-0.3, -0.25) is 4.79 Å². The molecule has 76 valence electrons. The van der Waals surface area contributed by atoms with E-state index in [1.165, 1.54) is 12.1 Å². The van der Waals surface area contributed by atoms with E-state index in [2.05, 4.69) is 5.32 Å². The van der Waals surface area contributed by atoms with Gasteiger partial charge in [0.15, 0.2) is 0 Å². The fourth-order valence-electron chi connectivity index (χ4n) is 1.95. The molecule has 1 N–H and O–H groups in total. The van der Waals surface area contributed by atoms with Gasteiger partial charge in [0.25, 0.3) is 5.91 Å². The lowest BCUT2D eigenvalue weighted by Gasteiger charge is -2.17. The Bertz CT molecular complexity index is 370. The van der Waals surface area contributed by atoms with Crippen LogP contribution >= 0.6 is 11.6 Å². The number of halogens is 1. The van der Waals surface area contributed by atoms with E-state index in [1.54, 1.807) is 7.05 Å². The van der Waals surface area contributed by atoms with Crippen LogP contribution in [0.3, 0.4) is 0 Å². The van der Waals surface area contributed by atoms with E-state index >= 15 is 0 Å². The Kier molecular flexibility index (Phi) is 2.50. The minimum absolute atomic E-state index is 0.0943. The highest BCUT2D eigenvalue weighted by Gasteiger charge is 2.20. The van der Waals surface area contributed by atoms with E-state index in [0.717, 1.165) is 19.4 Å². The van der Waals surface area contributed by atoms with E-state index in [4.69, 9.17) is 11.6 Å². The van der Waals surface area contributed by atoms with E-state index in [-0.39, 0.29) is 5.91 Å². The molecule has 14 heavy (non-hydrogen) atoms. The number of aryl methyl sites for hydroxylation is 1. The number of hydrogen-bond donors (Lipinski definition) is 1. The molecule has 1 aromatic rings. The zero-order chi connectivity index (χ0) is 10.1. The van der Waals surface area contributed by atoms with Crippen molar-refractivity contribution in [2.24, 2.45) is 0 Å². The normalized spacial score (nSPS) is 15.0. The molecule has 1 aliphatic heterocycles. The number of nitrogens with one attached hydrogen (secondary N) is 1. The molecular formula is C10H13ClN2O. The van der Waals surface area contributed by atoms with Gasteiger partial charge in [-0.25, -0.2) is 0 Å². The number of nitrogens with zero attached hydrogens (tertiary/aromatic N) is 1. The van der Waals surface area contributed by atoms with Crippen LogP contribution in [0.1, 0.15) is 29.0 Å². The third kappa shape index (κ3) is 1.42. The lowest BCUT2D eigenvalue weighted by molar-refractivity contribution is 0.0953. The zero-order valence-corrected chi connectivity index (χ0v) is 8.90. The fraction of sp³-hybridized carbons (Fsp3) is 0.500. The van der Waals surface area contributed by atoms with Crippen LogP contribution in [0.5, 0.6) is 0 Å². The molecular weight excluding hydrogens is 200 g/mol. The SMILES string of the molecule is CNC(=O)c1c(Cl)cc2n1CCCC2. The first-order valence-corrected chi connectivity index (χ1v) is 5.22. The summed E-state index contributed by atoms with van der Waals surface area (Å²) < 4.78 is 2.03. The van der Waals surface area contributed by atoms with Gasteiger partial charge >= 0.3 is 0 Å². The predicted molar refractivity (Wildman–Crippen MR) is 55.8 cm³/mol. The Labute approximate surface area is 88.0 Å². The Hall–Kier alpha value is -0.960. The molecule has 0 atom stereocenters. The first-order chi connectivity index (χ1) is 6.74. The quantitative estimate of drug-likeness (QED) is 0.758. The second-order valence-corrected chi connectivity index (χ2v) is 3.93. The molecule has 4 heteroatoms. The van der Waals surface area contributed by atoms with Crippen molar-refractivity contribution in [3.8, 4) is 0 Å². The summed E-state index contributed by atoms with van der Waals surface area (Å²) in [5, 5.41) is 3.18. The predicted octanol–water partition coefficient (Wildman–Crippen LogP) is 1.84. The first kappa shape index (κ1) is 9.59. The van der Waals surface area contributed by atoms with Gasteiger partial charge in [0.1, 0.15) is 5.69 Å². The van der Waals surface area contributed by atoms with Crippen molar-refractivity contribution in [2.75, 3.05) is 7.05 Å². The van der Waals surface area contributed by atoms with Crippen LogP contribution in [-0.2, 0) is 13.0 Å². The average Bonchev–Trinajstić information content (AvgIpc) is 2.53. The fourth-order valence-corrected chi connectivity index (χ4v) is 2.27. The molecule has 1 amide bonds. The largest absolute Gasteiger partial charge is 0.354 e. The summed E-state index contributed by atoms with van der Waals surface area (Å²) in [6.07, 6.45) is 3.34. The maximum absolute atomic E-state index is 11.6. The van der Waals surface area contributed by atoms with Crippen molar-refractivity contribution in [2.45, 2.75) is 25.8 Å². The van der Waals surface area contributed by atoms with Gasteiger partial charge in [-0.2, -0.15) is 0 Å². The van der Waals surface area contributed by atoms with Gasteiger partial charge in [0, 0.05) is 19.3 Å². The van der Waals surface area contributed by atoms with Crippen LogP contribution in [0.4, 0.5) is 0 Å². The third-order valence-electron chi connectivity index (χ3n) is 2.64. The van der Waals surface area contributed by atoms with Crippen molar-refractivity contribution < 1.29 is 4.79 Å². The summed E-state index contributed by atoms with van der Waals surface area (Å²) in [7, 11) is 1.63. The van der Waals surface area contributed by atoms with Crippen LogP contribution in [0, 0.1) is 0 Å². The number of amides is 1. The molecule has 0 radical (unpaired) electrons. The van der Waals surface area contributed by atoms with Crippen LogP contribution in [0.15, 0.2) is 6.07 Å². The highest BCUT2D eigenvalue weighted by Crippen LogP contribution is 2.26. The smallest absolute Gasteiger partial charge is 0.269 e. The number of carbonyl (C=O) groups is 1. The monoisotopic (exact) mass is 212 g/mol. The number of aromatic nitrogens is 1. The van der Waals surface area contributed by atoms with Crippen LogP contribution in [0.2, 0.25) is 5.02 Å². The van der Waals surface area contributed by atoms with E-state index < -0.39 is 0 Å². The minimum atomic E-state index is -0.0943. The third-order valence-corrected chi connectivity index (χ3v) is 2.93.